The van der Waals surface area contributed by atoms with E-state index >= 15 is 0 Å². The lowest BCUT2D eigenvalue weighted by atomic mass is 10.1. The molecule has 0 aromatic carbocycles. The predicted octanol–water partition coefficient (Wildman–Crippen LogP) is 1.30. The van der Waals surface area contributed by atoms with Crippen LogP contribution in [0.4, 0.5) is 0 Å². The predicted molar refractivity (Wildman–Crippen MR) is 43.2 cm³/mol. The normalized spacial score (nSPS) is 18.8. The molecule has 0 amide bonds. The van der Waals surface area contributed by atoms with Gasteiger partial charge in [0.25, 0.3) is 0 Å². The summed E-state index contributed by atoms with van der Waals surface area (Å²) in [4.78, 5) is 0. The molecule has 0 aliphatic heterocycles. The molecule has 0 aromatic heterocycles. The van der Waals surface area contributed by atoms with Crippen LogP contribution in [0.5, 0.6) is 0 Å². The molecule has 1 unspecified atom stereocenters. The second-order valence-corrected chi connectivity index (χ2v) is 2.07. The molecule has 1 aliphatic carbocycles. The lowest BCUT2D eigenvalue weighted by Gasteiger charge is -1.88. The first-order valence-corrected chi connectivity index (χ1v) is 3.31. The maximum absolute atomic E-state index is 8.53. The highest BCUT2D eigenvalue weighted by molar-refractivity contribution is 5.45. The zero-order valence-corrected chi connectivity index (χ0v) is 6.20. The Kier molecular flexibility index (Phi) is 2.53. The molecular weight excluding hydrogens is 148 g/mol. The first kappa shape index (κ1) is 7.90. The van der Waals surface area contributed by atoms with Crippen molar-refractivity contribution >= 4 is 0 Å². The molecular formula is C10H4N2. The van der Waals surface area contributed by atoms with Gasteiger partial charge in [0.2, 0.25) is 0 Å². The summed E-state index contributed by atoms with van der Waals surface area (Å²) in [6.45, 7) is 0. The molecule has 0 saturated carbocycles. The van der Waals surface area contributed by atoms with Gasteiger partial charge in [-0.1, -0.05) is 11.8 Å². The Morgan fingerprint density at radius 3 is 2.92 bits per heavy atom. The van der Waals surface area contributed by atoms with E-state index in [0.29, 0.717) is 5.57 Å². The summed E-state index contributed by atoms with van der Waals surface area (Å²) >= 11 is 0. The molecule has 2 nitrogen and oxygen atoms in total. The zero-order chi connectivity index (χ0) is 8.81. The Bertz CT molecular complexity index is 409. The number of rotatable bonds is 0. The molecule has 0 spiro atoms. The number of hydrogen-bond acceptors (Lipinski definition) is 2. The van der Waals surface area contributed by atoms with E-state index in [1.54, 1.807) is 18.2 Å². The first-order valence-electron chi connectivity index (χ1n) is 3.31. The lowest BCUT2D eigenvalue weighted by Crippen LogP contribution is -1.86. The molecule has 1 rings (SSSR count). The molecule has 54 valence electrons. The SMILES string of the molecule is N#CC1=CC=C=CC(C#N)C#C1. The van der Waals surface area contributed by atoms with E-state index in [1.165, 1.54) is 0 Å². The van der Waals surface area contributed by atoms with Crippen LogP contribution in [-0.4, -0.2) is 0 Å². The molecule has 0 aromatic rings. The van der Waals surface area contributed by atoms with Crippen molar-refractivity contribution in [3.05, 3.63) is 29.5 Å². The molecule has 1 aliphatic rings. The van der Waals surface area contributed by atoms with Gasteiger partial charge in [-0.15, -0.1) is 5.73 Å². The van der Waals surface area contributed by atoms with Crippen LogP contribution in [-0.2, 0) is 0 Å². The molecule has 0 fully saturated rings. The van der Waals surface area contributed by atoms with E-state index in [9.17, 15) is 0 Å². The average Bonchev–Trinajstić information content (AvgIpc) is 2.05. The highest BCUT2D eigenvalue weighted by atomic mass is 14.3. The van der Waals surface area contributed by atoms with E-state index in [0.717, 1.165) is 0 Å². The fourth-order valence-corrected chi connectivity index (χ4v) is 0.657. The van der Waals surface area contributed by atoms with Crippen LogP contribution in [0, 0.1) is 40.4 Å². The maximum atomic E-state index is 8.53. The van der Waals surface area contributed by atoms with Gasteiger partial charge in [-0.2, -0.15) is 10.5 Å². The van der Waals surface area contributed by atoms with Crippen LogP contribution in [0.2, 0.25) is 0 Å². The van der Waals surface area contributed by atoms with Crippen molar-refractivity contribution < 1.29 is 0 Å². The standard InChI is InChI=1S/C10H4N2/c11-7-9-3-1-2-4-10(8-12)6-5-9/h1,3-4,10H. The van der Waals surface area contributed by atoms with Crippen molar-refractivity contribution in [1.82, 2.24) is 0 Å². The Hall–Kier alpha value is -2.20. The fourth-order valence-electron chi connectivity index (χ4n) is 0.657. The monoisotopic (exact) mass is 152 g/mol. The number of nitriles is 2. The molecule has 0 bridgehead atoms. The van der Waals surface area contributed by atoms with Crippen molar-refractivity contribution in [3.8, 4) is 24.0 Å². The lowest BCUT2D eigenvalue weighted by molar-refractivity contribution is 1.13. The maximum Gasteiger partial charge on any atom is 0.133 e. The zero-order valence-electron chi connectivity index (χ0n) is 6.20. The van der Waals surface area contributed by atoms with Crippen LogP contribution < -0.4 is 0 Å². The molecule has 0 heterocycles. The Morgan fingerprint density at radius 2 is 2.25 bits per heavy atom. The van der Waals surface area contributed by atoms with Crippen LogP contribution in [0.3, 0.4) is 0 Å². The van der Waals surface area contributed by atoms with Gasteiger partial charge in [-0.25, -0.2) is 0 Å². The van der Waals surface area contributed by atoms with Crippen molar-refractivity contribution in [3.63, 3.8) is 0 Å². The van der Waals surface area contributed by atoms with Gasteiger partial charge in [0.15, 0.2) is 0 Å². The van der Waals surface area contributed by atoms with Crippen molar-refractivity contribution in [1.29, 1.82) is 10.5 Å². The quantitative estimate of drug-likeness (QED) is 0.388. The minimum Gasteiger partial charge on any atom is -0.197 e. The van der Waals surface area contributed by atoms with E-state index < -0.39 is 5.92 Å². The smallest absolute Gasteiger partial charge is 0.133 e. The number of hydrogen-bond donors (Lipinski definition) is 0. The van der Waals surface area contributed by atoms with Gasteiger partial charge in [0.1, 0.15) is 17.6 Å². The second kappa shape index (κ2) is 3.85. The van der Waals surface area contributed by atoms with E-state index in [4.69, 9.17) is 10.5 Å². The third-order valence-corrected chi connectivity index (χ3v) is 1.23. The van der Waals surface area contributed by atoms with Gasteiger partial charge in [0, 0.05) is 0 Å². The summed E-state index contributed by atoms with van der Waals surface area (Å²) in [5.41, 5.74) is 3.11. The van der Waals surface area contributed by atoms with Crippen molar-refractivity contribution in [2.24, 2.45) is 5.92 Å². The van der Waals surface area contributed by atoms with Crippen molar-refractivity contribution in [2.75, 3.05) is 0 Å². The summed E-state index contributed by atoms with van der Waals surface area (Å²) in [6, 6.07) is 3.88. The van der Waals surface area contributed by atoms with Crippen LogP contribution in [0.25, 0.3) is 0 Å². The van der Waals surface area contributed by atoms with Gasteiger partial charge < -0.3 is 0 Å². The summed E-state index contributed by atoms with van der Waals surface area (Å²) in [5.74, 6) is 4.77. The number of allylic oxidation sites excluding steroid dienone is 3. The van der Waals surface area contributed by atoms with Gasteiger partial charge in [-0.05, 0) is 18.2 Å². The highest BCUT2D eigenvalue weighted by Gasteiger charge is 1.96. The van der Waals surface area contributed by atoms with Crippen LogP contribution >= 0.6 is 0 Å². The van der Waals surface area contributed by atoms with Gasteiger partial charge in [-0.3, -0.25) is 0 Å². The first-order chi connectivity index (χ1) is 5.86. The summed E-state index contributed by atoms with van der Waals surface area (Å²) in [6.07, 6.45) is 4.71. The largest absolute Gasteiger partial charge is 0.197 e. The minimum absolute atomic E-state index is 0.357. The van der Waals surface area contributed by atoms with E-state index in [-0.39, 0.29) is 0 Å². The molecule has 12 heavy (non-hydrogen) atoms. The van der Waals surface area contributed by atoms with Crippen molar-refractivity contribution in [2.45, 2.75) is 0 Å². The highest BCUT2D eigenvalue weighted by Crippen LogP contribution is 1.99. The van der Waals surface area contributed by atoms with E-state index in [1.807, 2.05) is 12.1 Å². The van der Waals surface area contributed by atoms with Crippen LogP contribution in [0.1, 0.15) is 0 Å². The summed E-state index contributed by atoms with van der Waals surface area (Å²) in [7, 11) is 0. The number of nitrogens with zero attached hydrogens (tertiary/aromatic N) is 2. The molecule has 2 heteroatoms. The topological polar surface area (TPSA) is 47.6 Å². The third kappa shape index (κ3) is 1.89. The Labute approximate surface area is 70.7 Å². The Balaban J connectivity index is 3.07. The van der Waals surface area contributed by atoms with E-state index in [2.05, 4.69) is 17.6 Å². The van der Waals surface area contributed by atoms with Crippen LogP contribution in [0.15, 0.2) is 29.5 Å². The minimum atomic E-state index is -0.460. The molecule has 0 radical (unpaired) electrons. The molecule has 1 atom stereocenters. The average molecular weight is 152 g/mol. The van der Waals surface area contributed by atoms with Gasteiger partial charge >= 0.3 is 0 Å². The van der Waals surface area contributed by atoms with Gasteiger partial charge in [0.05, 0.1) is 6.07 Å². The summed E-state index contributed by atoms with van der Waals surface area (Å²) < 4.78 is 0. The molecule has 0 saturated heterocycles. The molecule has 0 N–H and O–H groups in total. The fraction of sp³-hybridized carbons (Fsp3) is 0.100. The third-order valence-electron chi connectivity index (χ3n) is 1.23. The summed E-state index contributed by atoms with van der Waals surface area (Å²) in [5, 5.41) is 17.0. The Morgan fingerprint density at radius 1 is 1.42 bits per heavy atom. The second-order valence-electron chi connectivity index (χ2n) is 2.07.